The molecule has 0 spiro atoms. The van der Waals surface area contributed by atoms with Gasteiger partial charge in [-0.15, -0.1) is 0 Å². The number of aryl methyl sites for hydroxylation is 2. The van der Waals surface area contributed by atoms with Gasteiger partial charge in [0.2, 0.25) is 0 Å². The number of nitrogens with one attached hydrogen (secondary N) is 2. The zero-order valence-electron chi connectivity index (χ0n) is 15.8. The zero-order chi connectivity index (χ0) is 19.5. The predicted octanol–water partition coefficient (Wildman–Crippen LogP) is 4.17. The van der Waals surface area contributed by atoms with E-state index in [1.807, 2.05) is 43.5 Å². The van der Waals surface area contributed by atoms with Gasteiger partial charge in [-0.3, -0.25) is 4.98 Å². The summed E-state index contributed by atoms with van der Waals surface area (Å²) >= 11 is 0. The molecule has 6 heteroatoms. The number of rotatable bonds is 4. The van der Waals surface area contributed by atoms with Crippen LogP contribution < -0.4 is 10.6 Å². The maximum atomic E-state index is 4.40. The Balaban J connectivity index is 1.66. The summed E-state index contributed by atoms with van der Waals surface area (Å²) in [5.41, 5.74) is 6.09. The molecular weight excluding hydrogens is 348 g/mol. The van der Waals surface area contributed by atoms with Crippen LogP contribution in [0, 0.1) is 13.8 Å². The Morgan fingerprint density at radius 2 is 1.82 bits per heavy atom. The summed E-state index contributed by atoms with van der Waals surface area (Å²) in [5.74, 6) is 2.13. The second kappa shape index (κ2) is 7.44. The van der Waals surface area contributed by atoms with E-state index in [1.54, 1.807) is 18.6 Å². The van der Waals surface area contributed by atoms with Crippen LogP contribution in [-0.2, 0) is 0 Å². The number of pyridine rings is 2. The van der Waals surface area contributed by atoms with E-state index in [2.05, 4.69) is 50.1 Å². The van der Waals surface area contributed by atoms with Gasteiger partial charge in [0.15, 0.2) is 0 Å². The molecule has 0 saturated heterocycles. The molecule has 2 N–H and O–H groups in total. The molecule has 0 saturated carbocycles. The molecule has 28 heavy (non-hydrogen) atoms. The number of dihydropyridines is 1. The molecule has 4 heterocycles. The maximum Gasteiger partial charge on any atom is 0.135 e. The smallest absolute Gasteiger partial charge is 0.135 e. The van der Waals surface area contributed by atoms with Gasteiger partial charge in [-0.1, -0.05) is 6.58 Å². The van der Waals surface area contributed by atoms with E-state index >= 15 is 0 Å². The molecule has 6 nitrogen and oxygen atoms in total. The van der Waals surface area contributed by atoms with Crippen molar-refractivity contribution in [2.24, 2.45) is 0 Å². The largest absolute Gasteiger partial charge is 0.355 e. The molecule has 0 unspecified atom stereocenters. The molecule has 0 aliphatic carbocycles. The first kappa shape index (κ1) is 17.6. The van der Waals surface area contributed by atoms with Crippen LogP contribution >= 0.6 is 0 Å². The fourth-order valence-electron chi connectivity index (χ4n) is 3.02. The number of nitrogens with zero attached hydrogens (tertiary/aromatic N) is 4. The first-order chi connectivity index (χ1) is 13.6. The predicted molar refractivity (Wildman–Crippen MR) is 111 cm³/mol. The second-order valence-corrected chi connectivity index (χ2v) is 6.54. The topological polar surface area (TPSA) is 75.6 Å². The summed E-state index contributed by atoms with van der Waals surface area (Å²) in [4.78, 5) is 17.1. The molecule has 1 aliphatic heterocycles. The molecule has 0 atom stereocenters. The summed E-state index contributed by atoms with van der Waals surface area (Å²) < 4.78 is 0. The van der Waals surface area contributed by atoms with E-state index in [-0.39, 0.29) is 0 Å². The summed E-state index contributed by atoms with van der Waals surface area (Å²) in [6, 6.07) is 7.78. The number of allylic oxidation sites excluding steroid dienone is 3. The molecule has 3 aromatic heterocycles. The summed E-state index contributed by atoms with van der Waals surface area (Å²) in [6.07, 6.45) is 11.3. The lowest BCUT2D eigenvalue weighted by molar-refractivity contribution is 1.05. The SMILES string of the molecule is C=C1C=C(c2ccnc(Nc3ccnc(C)n3)c2)C=C(c2cnccc2C)N1. The highest BCUT2D eigenvalue weighted by molar-refractivity contribution is 5.88. The third-order valence-corrected chi connectivity index (χ3v) is 4.38. The van der Waals surface area contributed by atoms with Gasteiger partial charge in [0.05, 0.1) is 0 Å². The zero-order valence-corrected chi connectivity index (χ0v) is 15.8. The van der Waals surface area contributed by atoms with Crippen molar-refractivity contribution in [3.63, 3.8) is 0 Å². The Morgan fingerprint density at radius 1 is 0.964 bits per heavy atom. The lowest BCUT2D eigenvalue weighted by Crippen LogP contribution is -2.14. The molecule has 4 rings (SSSR count). The van der Waals surface area contributed by atoms with Gasteiger partial charge in [-0.2, -0.15) is 0 Å². The Bertz CT molecular complexity index is 1110. The highest BCUT2D eigenvalue weighted by atomic mass is 15.1. The van der Waals surface area contributed by atoms with E-state index < -0.39 is 0 Å². The van der Waals surface area contributed by atoms with Crippen molar-refractivity contribution in [3.05, 3.63) is 96.0 Å². The van der Waals surface area contributed by atoms with Crippen molar-refractivity contribution in [2.45, 2.75) is 13.8 Å². The fourth-order valence-corrected chi connectivity index (χ4v) is 3.02. The number of hydrogen-bond donors (Lipinski definition) is 2. The van der Waals surface area contributed by atoms with Crippen LogP contribution in [0.15, 0.2) is 73.5 Å². The summed E-state index contributed by atoms with van der Waals surface area (Å²) in [6.45, 7) is 8.02. The summed E-state index contributed by atoms with van der Waals surface area (Å²) in [7, 11) is 0. The van der Waals surface area contributed by atoms with Crippen LogP contribution in [0.3, 0.4) is 0 Å². The molecule has 3 aromatic rings. The minimum Gasteiger partial charge on any atom is -0.355 e. The van der Waals surface area contributed by atoms with Gasteiger partial charge in [0, 0.05) is 41.7 Å². The van der Waals surface area contributed by atoms with Crippen LogP contribution in [0.5, 0.6) is 0 Å². The lowest BCUT2D eigenvalue weighted by atomic mass is 9.98. The van der Waals surface area contributed by atoms with Crippen molar-refractivity contribution in [1.29, 1.82) is 0 Å². The Kier molecular flexibility index (Phi) is 4.68. The fraction of sp³-hybridized carbons (Fsp3) is 0.0909. The molecule has 0 aromatic carbocycles. The Hall–Kier alpha value is -3.80. The molecule has 0 amide bonds. The van der Waals surface area contributed by atoms with E-state index in [0.29, 0.717) is 17.5 Å². The molecule has 0 bridgehead atoms. The molecular formula is C22H20N6. The van der Waals surface area contributed by atoms with Gasteiger partial charge in [-0.25, -0.2) is 15.0 Å². The van der Waals surface area contributed by atoms with E-state index in [4.69, 9.17) is 0 Å². The van der Waals surface area contributed by atoms with E-state index in [1.165, 1.54) is 0 Å². The molecule has 1 aliphatic rings. The van der Waals surface area contributed by atoms with Crippen LogP contribution in [0.1, 0.15) is 22.5 Å². The minimum absolute atomic E-state index is 0.706. The number of aromatic nitrogens is 4. The van der Waals surface area contributed by atoms with Crippen LogP contribution in [0.2, 0.25) is 0 Å². The van der Waals surface area contributed by atoms with Crippen molar-refractivity contribution >= 4 is 22.9 Å². The van der Waals surface area contributed by atoms with Crippen LogP contribution in [0.25, 0.3) is 11.3 Å². The third kappa shape index (κ3) is 3.81. The summed E-state index contributed by atoms with van der Waals surface area (Å²) in [5, 5.41) is 6.57. The van der Waals surface area contributed by atoms with Crippen molar-refractivity contribution in [1.82, 2.24) is 25.3 Å². The lowest BCUT2D eigenvalue weighted by Gasteiger charge is -2.20. The van der Waals surface area contributed by atoms with Crippen LogP contribution in [-0.4, -0.2) is 19.9 Å². The molecule has 0 fully saturated rings. The average Bonchev–Trinajstić information content (AvgIpc) is 2.68. The van der Waals surface area contributed by atoms with E-state index in [9.17, 15) is 0 Å². The monoisotopic (exact) mass is 368 g/mol. The van der Waals surface area contributed by atoms with Crippen molar-refractivity contribution in [2.75, 3.05) is 5.32 Å². The first-order valence-corrected chi connectivity index (χ1v) is 8.92. The minimum atomic E-state index is 0.706. The van der Waals surface area contributed by atoms with Gasteiger partial charge in [0.1, 0.15) is 17.5 Å². The third-order valence-electron chi connectivity index (χ3n) is 4.38. The van der Waals surface area contributed by atoms with Gasteiger partial charge in [0.25, 0.3) is 0 Å². The number of hydrogen-bond acceptors (Lipinski definition) is 6. The van der Waals surface area contributed by atoms with Gasteiger partial charge < -0.3 is 10.6 Å². The second-order valence-electron chi connectivity index (χ2n) is 6.54. The van der Waals surface area contributed by atoms with Gasteiger partial charge in [-0.05, 0) is 67.0 Å². The normalized spacial score (nSPS) is 13.4. The van der Waals surface area contributed by atoms with Crippen molar-refractivity contribution < 1.29 is 0 Å². The molecule has 138 valence electrons. The van der Waals surface area contributed by atoms with Gasteiger partial charge >= 0.3 is 0 Å². The average molecular weight is 368 g/mol. The van der Waals surface area contributed by atoms with Crippen molar-refractivity contribution in [3.8, 4) is 0 Å². The number of anilines is 2. The Labute approximate surface area is 163 Å². The highest BCUT2D eigenvalue weighted by Gasteiger charge is 2.13. The maximum absolute atomic E-state index is 4.40. The van der Waals surface area contributed by atoms with Crippen LogP contribution in [0.4, 0.5) is 11.6 Å². The highest BCUT2D eigenvalue weighted by Crippen LogP contribution is 2.28. The van der Waals surface area contributed by atoms with E-state index in [0.717, 1.165) is 33.7 Å². The standard InChI is InChI=1S/C22H20N6/c1-14-4-7-23-13-19(14)20-11-18(10-15(2)26-20)17-5-8-25-22(12-17)28-21-6-9-24-16(3)27-21/h4-13,26H,2H2,1,3H3,(H,24,25,27,28). The Morgan fingerprint density at radius 3 is 2.64 bits per heavy atom. The molecule has 0 radical (unpaired) electrons. The quantitative estimate of drug-likeness (QED) is 0.720. The first-order valence-electron chi connectivity index (χ1n) is 8.92.